The first kappa shape index (κ1) is 35.9. The fraction of sp³-hybridized carbons (Fsp3) is 0.156. The summed E-state index contributed by atoms with van der Waals surface area (Å²) in [6.45, 7) is 2.91. The van der Waals surface area contributed by atoms with Gasteiger partial charge in [-0.15, -0.1) is 0 Å². The Morgan fingerprint density at radius 2 is 1.30 bits per heavy atom. The van der Waals surface area contributed by atoms with Crippen LogP contribution in [0, 0.1) is 18.6 Å². The number of benzene rings is 4. The highest BCUT2D eigenvalue weighted by Gasteiger charge is 2.16. The molecule has 0 unspecified atom stereocenters. The molecule has 0 aliphatic heterocycles. The number of pyridine rings is 2. The Balaban J connectivity index is 0.956. The smallest absolute Gasteiger partial charge is 0.255 e. The number of rotatable bonds is 13. The van der Waals surface area contributed by atoms with Crippen molar-refractivity contribution in [1.29, 1.82) is 0 Å². The molecule has 7 nitrogen and oxygen atoms in total. The number of halogens is 2. The van der Waals surface area contributed by atoms with Crippen LogP contribution >= 0.6 is 0 Å². The fourth-order valence-corrected chi connectivity index (χ4v) is 6.60. The van der Waals surface area contributed by atoms with Crippen LogP contribution in [0.3, 0.4) is 0 Å². The van der Waals surface area contributed by atoms with E-state index in [1.165, 1.54) is 12.1 Å². The number of aryl methyl sites for hydroxylation is 3. The van der Waals surface area contributed by atoms with E-state index in [0.717, 1.165) is 64.8 Å². The van der Waals surface area contributed by atoms with Crippen LogP contribution in [0.1, 0.15) is 50.2 Å². The van der Waals surface area contributed by atoms with Gasteiger partial charge in [-0.3, -0.25) is 19.0 Å². The van der Waals surface area contributed by atoms with Crippen molar-refractivity contribution in [2.24, 2.45) is 0 Å². The van der Waals surface area contributed by atoms with Crippen molar-refractivity contribution in [1.82, 2.24) is 25.0 Å². The number of imidazole rings is 1. The van der Waals surface area contributed by atoms with E-state index >= 15 is 4.39 Å². The lowest BCUT2D eigenvalue weighted by Gasteiger charge is -2.12. The van der Waals surface area contributed by atoms with Crippen LogP contribution in [-0.2, 0) is 12.8 Å². The van der Waals surface area contributed by atoms with Crippen LogP contribution in [0.4, 0.5) is 8.78 Å². The lowest BCUT2D eigenvalue weighted by Crippen LogP contribution is -2.25. The molecule has 7 rings (SSSR count). The van der Waals surface area contributed by atoms with Gasteiger partial charge in [0, 0.05) is 49.0 Å². The lowest BCUT2D eigenvalue weighted by molar-refractivity contribution is 0.0945. The largest absolute Gasteiger partial charge is 0.352 e. The van der Waals surface area contributed by atoms with Crippen molar-refractivity contribution < 1.29 is 18.4 Å². The second-order valence-electron chi connectivity index (χ2n) is 13.3. The predicted molar refractivity (Wildman–Crippen MR) is 208 cm³/mol. The highest BCUT2D eigenvalue weighted by Crippen LogP contribution is 2.31. The topological polar surface area (TPSA) is 88.4 Å². The number of fused-ring (bicyclic) bond motifs is 1. The third kappa shape index (κ3) is 8.26. The summed E-state index contributed by atoms with van der Waals surface area (Å²) in [6, 6.07) is 32.8. The van der Waals surface area contributed by atoms with E-state index in [4.69, 9.17) is 0 Å². The molecule has 0 spiro atoms. The van der Waals surface area contributed by atoms with Gasteiger partial charge in [0.2, 0.25) is 0 Å². The monoisotopic (exact) mass is 719 g/mol. The maximum Gasteiger partial charge on any atom is 0.255 e. The number of hydrogen-bond acceptors (Lipinski definition) is 4. The number of nitrogens with one attached hydrogen (secondary N) is 2. The molecule has 4 aromatic carbocycles. The Labute approximate surface area is 312 Å². The molecule has 0 fully saturated rings. The van der Waals surface area contributed by atoms with Gasteiger partial charge in [-0.2, -0.15) is 0 Å². The zero-order valence-corrected chi connectivity index (χ0v) is 29.9. The van der Waals surface area contributed by atoms with E-state index in [2.05, 4.69) is 20.6 Å². The summed E-state index contributed by atoms with van der Waals surface area (Å²) in [6.07, 6.45) is 9.74. The van der Waals surface area contributed by atoms with Crippen molar-refractivity contribution in [3.8, 4) is 33.5 Å². The molecule has 0 saturated carbocycles. The molecule has 54 heavy (non-hydrogen) atoms. The Kier molecular flexibility index (Phi) is 10.9. The van der Waals surface area contributed by atoms with E-state index in [9.17, 15) is 14.0 Å². The van der Waals surface area contributed by atoms with Crippen LogP contribution in [0.15, 0.2) is 134 Å². The summed E-state index contributed by atoms with van der Waals surface area (Å²) in [5.41, 5.74) is 8.81. The van der Waals surface area contributed by atoms with E-state index in [-0.39, 0.29) is 23.4 Å². The quantitative estimate of drug-likeness (QED) is 0.117. The average molecular weight is 720 g/mol. The summed E-state index contributed by atoms with van der Waals surface area (Å²) >= 11 is 0. The van der Waals surface area contributed by atoms with Crippen molar-refractivity contribution in [2.75, 3.05) is 13.1 Å². The third-order valence-corrected chi connectivity index (χ3v) is 9.45. The van der Waals surface area contributed by atoms with Gasteiger partial charge in [0.05, 0.1) is 16.8 Å². The number of nitrogens with zero attached hydrogens (tertiary/aromatic N) is 3. The van der Waals surface area contributed by atoms with Gasteiger partial charge in [-0.25, -0.2) is 13.8 Å². The third-order valence-electron chi connectivity index (χ3n) is 9.45. The molecule has 2 amide bonds. The maximum atomic E-state index is 15.2. The minimum absolute atomic E-state index is 0.141. The van der Waals surface area contributed by atoms with E-state index in [0.29, 0.717) is 41.0 Å². The number of hydrogen-bond donors (Lipinski definition) is 2. The van der Waals surface area contributed by atoms with Crippen LogP contribution in [0.2, 0.25) is 0 Å². The summed E-state index contributed by atoms with van der Waals surface area (Å²) in [5.74, 6) is -0.948. The number of carbonyl (C=O) groups is 2. The molecule has 7 aromatic rings. The van der Waals surface area contributed by atoms with Gasteiger partial charge < -0.3 is 10.6 Å². The van der Waals surface area contributed by atoms with Gasteiger partial charge in [0.1, 0.15) is 17.3 Å². The molecule has 0 aliphatic rings. The SMILES string of the molecule is Cc1cncc(C(=O)NCCCc2ccc(-c3cc(-c4ccc(C(=O)NCCCc5ccc(-c6ccccc6F)cc5)c5nccn45)ccc3F)cc2)c1. The lowest BCUT2D eigenvalue weighted by atomic mass is 9.98. The fourth-order valence-electron chi connectivity index (χ4n) is 6.60. The maximum absolute atomic E-state index is 15.2. The van der Waals surface area contributed by atoms with Gasteiger partial charge in [0.15, 0.2) is 0 Å². The summed E-state index contributed by atoms with van der Waals surface area (Å²) < 4.78 is 31.2. The second kappa shape index (κ2) is 16.5. The predicted octanol–water partition coefficient (Wildman–Crippen LogP) is 9.04. The van der Waals surface area contributed by atoms with Crippen molar-refractivity contribution in [3.05, 3.63) is 173 Å². The number of amides is 2. The standard InChI is InChI=1S/C45H39F2N5O2/c1-30-26-36(29-48-28-30)44(53)50-22-4-6-32-12-16-34(17-13-32)39-27-35(18-20-41(39)47)42-21-19-38(43-49-24-25-52(42)43)45(54)51-23-5-7-31-10-14-33(15-11-31)37-8-2-3-9-40(37)46/h2-3,8-21,24-29H,4-7,22-23H2,1H3,(H,50,53)(H,51,54). The van der Waals surface area contributed by atoms with Gasteiger partial charge in [0.25, 0.3) is 11.8 Å². The van der Waals surface area contributed by atoms with Crippen molar-refractivity contribution >= 4 is 17.5 Å². The molecule has 0 atom stereocenters. The van der Waals surface area contributed by atoms with Crippen molar-refractivity contribution in [2.45, 2.75) is 32.6 Å². The Bertz CT molecular complexity index is 2420. The van der Waals surface area contributed by atoms with Crippen LogP contribution in [0.5, 0.6) is 0 Å². The van der Waals surface area contributed by atoms with Crippen molar-refractivity contribution in [3.63, 3.8) is 0 Å². The molecular weight excluding hydrogens is 681 g/mol. The minimum Gasteiger partial charge on any atom is -0.352 e. The molecule has 0 aliphatic carbocycles. The number of carbonyl (C=O) groups excluding carboxylic acids is 2. The highest BCUT2D eigenvalue weighted by molar-refractivity contribution is 6.00. The Hall–Kier alpha value is -6.48. The van der Waals surface area contributed by atoms with E-state index < -0.39 is 0 Å². The van der Waals surface area contributed by atoms with Crippen LogP contribution < -0.4 is 10.6 Å². The highest BCUT2D eigenvalue weighted by atomic mass is 19.1. The first-order chi connectivity index (χ1) is 26.3. The molecule has 0 radical (unpaired) electrons. The molecule has 2 N–H and O–H groups in total. The Morgan fingerprint density at radius 1 is 0.667 bits per heavy atom. The molecule has 3 aromatic heterocycles. The molecule has 0 saturated heterocycles. The van der Waals surface area contributed by atoms with Gasteiger partial charge in [-0.05, 0) is 108 Å². The summed E-state index contributed by atoms with van der Waals surface area (Å²) in [7, 11) is 0. The summed E-state index contributed by atoms with van der Waals surface area (Å²) in [5, 5.41) is 5.96. The van der Waals surface area contributed by atoms with E-state index in [1.807, 2.05) is 84.1 Å². The van der Waals surface area contributed by atoms with E-state index in [1.54, 1.807) is 49.1 Å². The number of aromatic nitrogens is 3. The molecule has 0 bridgehead atoms. The van der Waals surface area contributed by atoms with Crippen LogP contribution in [-0.4, -0.2) is 39.3 Å². The average Bonchev–Trinajstić information content (AvgIpc) is 3.69. The second-order valence-corrected chi connectivity index (χ2v) is 13.3. The Morgan fingerprint density at radius 3 is 1.98 bits per heavy atom. The van der Waals surface area contributed by atoms with Gasteiger partial charge >= 0.3 is 0 Å². The molecule has 9 heteroatoms. The normalized spacial score (nSPS) is 11.1. The molecule has 270 valence electrons. The zero-order valence-electron chi connectivity index (χ0n) is 29.9. The van der Waals surface area contributed by atoms with Gasteiger partial charge in [-0.1, -0.05) is 66.7 Å². The van der Waals surface area contributed by atoms with Crippen LogP contribution in [0.25, 0.3) is 39.2 Å². The minimum atomic E-state index is -0.334. The summed E-state index contributed by atoms with van der Waals surface area (Å²) in [4.78, 5) is 34.2. The molecule has 3 heterocycles. The zero-order chi connectivity index (χ0) is 37.4. The first-order valence-corrected chi connectivity index (χ1v) is 18.0. The molecular formula is C45H39F2N5O2. The first-order valence-electron chi connectivity index (χ1n) is 18.0.